The quantitative estimate of drug-likeness (QED) is 0.835. The highest BCUT2D eigenvalue weighted by molar-refractivity contribution is 6.30. The van der Waals surface area contributed by atoms with Crippen LogP contribution in [0.15, 0.2) is 30.6 Å². The number of ether oxygens (including phenoxy) is 1. The van der Waals surface area contributed by atoms with Gasteiger partial charge in [0.1, 0.15) is 0 Å². The summed E-state index contributed by atoms with van der Waals surface area (Å²) >= 11 is 5.86. The molecule has 0 aliphatic carbocycles. The lowest BCUT2D eigenvalue weighted by atomic mass is 10.3. The summed E-state index contributed by atoms with van der Waals surface area (Å²) in [5, 5.41) is 4.69. The average molecular weight is 238 g/mol. The van der Waals surface area contributed by atoms with E-state index in [4.69, 9.17) is 22.1 Å². The number of hydrogen-bond acceptors (Lipinski definition) is 3. The largest absolute Gasteiger partial charge is 0.452 e. The Hall–Kier alpha value is -1.68. The van der Waals surface area contributed by atoms with E-state index in [1.165, 1.54) is 0 Å². The van der Waals surface area contributed by atoms with Crippen molar-refractivity contribution in [2.75, 3.05) is 5.73 Å². The zero-order valence-electron chi connectivity index (χ0n) is 8.85. The molecule has 0 unspecified atom stereocenters. The van der Waals surface area contributed by atoms with Crippen LogP contribution < -0.4 is 10.5 Å². The maximum atomic E-state index is 5.86. The molecule has 1 aromatic carbocycles. The molecule has 1 heterocycles. The van der Waals surface area contributed by atoms with Gasteiger partial charge in [-0.3, -0.25) is 4.68 Å². The van der Waals surface area contributed by atoms with E-state index in [1.54, 1.807) is 35.3 Å². The van der Waals surface area contributed by atoms with Crippen LogP contribution >= 0.6 is 11.6 Å². The van der Waals surface area contributed by atoms with Crippen LogP contribution in [-0.2, 0) is 6.54 Å². The van der Waals surface area contributed by atoms with E-state index in [-0.39, 0.29) is 0 Å². The molecule has 0 spiro atoms. The summed E-state index contributed by atoms with van der Waals surface area (Å²) < 4.78 is 7.35. The second-order valence-electron chi connectivity index (χ2n) is 3.32. The summed E-state index contributed by atoms with van der Waals surface area (Å²) in [6.45, 7) is 2.80. The molecule has 4 nitrogen and oxygen atoms in total. The molecule has 1 aromatic heterocycles. The highest BCUT2D eigenvalue weighted by Gasteiger charge is 2.04. The maximum absolute atomic E-state index is 5.86. The summed E-state index contributed by atoms with van der Waals surface area (Å²) in [6.07, 6.45) is 3.45. The topological polar surface area (TPSA) is 53.1 Å². The molecule has 5 heteroatoms. The molecule has 0 atom stereocenters. The average Bonchev–Trinajstić information content (AvgIpc) is 2.71. The van der Waals surface area contributed by atoms with Crippen LogP contribution in [0.25, 0.3) is 0 Å². The van der Waals surface area contributed by atoms with Crippen molar-refractivity contribution in [3.8, 4) is 11.5 Å². The lowest BCUT2D eigenvalue weighted by Crippen LogP contribution is -1.93. The van der Waals surface area contributed by atoms with Crippen molar-refractivity contribution >= 4 is 17.3 Å². The van der Waals surface area contributed by atoms with E-state index in [0.29, 0.717) is 22.2 Å². The van der Waals surface area contributed by atoms with Crippen LogP contribution in [0.2, 0.25) is 5.02 Å². The Labute approximate surface area is 98.6 Å². The van der Waals surface area contributed by atoms with Crippen LogP contribution in [0.3, 0.4) is 0 Å². The van der Waals surface area contributed by atoms with Crippen LogP contribution in [0.4, 0.5) is 5.69 Å². The Morgan fingerprint density at radius 3 is 3.00 bits per heavy atom. The van der Waals surface area contributed by atoms with Gasteiger partial charge in [0.15, 0.2) is 11.5 Å². The Morgan fingerprint density at radius 2 is 2.31 bits per heavy atom. The molecule has 0 bridgehead atoms. The Kier molecular flexibility index (Phi) is 3.01. The lowest BCUT2D eigenvalue weighted by Gasteiger charge is -2.06. The van der Waals surface area contributed by atoms with Crippen molar-refractivity contribution in [3.05, 3.63) is 35.6 Å². The molecule has 0 aliphatic rings. The Bertz CT molecular complexity index is 496. The van der Waals surface area contributed by atoms with Gasteiger partial charge in [-0.05, 0) is 19.1 Å². The summed E-state index contributed by atoms with van der Waals surface area (Å²) in [6, 6.07) is 5.11. The number of benzene rings is 1. The standard InChI is InChI=1S/C11H12ClN3O/c1-2-15-7-9(6-14-15)16-11-5-8(12)3-4-10(11)13/h3-7H,2,13H2,1H3. The first-order valence-corrected chi connectivity index (χ1v) is 5.32. The van der Waals surface area contributed by atoms with Gasteiger partial charge >= 0.3 is 0 Å². The molecule has 0 amide bonds. The Morgan fingerprint density at radius 1 is 1.50 bits per heavy atom. The first-order chi connectivity index (χ1) is 7.69. The fraction of sp³-hybridized carbons (Fsp3) is 0.182. The minimum Gasteiger partial charge on any atom is -0.452 e. The van der Waals surface area contributed by atoms with Crippen molar-refractivity contribution in [3.63, 3.8) is 0 Å². The molecule has 0 fully saturated rings. The molecule has 2 rings (SSSR count). The van der Waals surface area contributed by atoms with Gasteiger partial charge in [-0.15, -0.1) is 0 Å². The van der Waals surface area contributed by atoms with E-state index >= 15 is 0 Å². The molecule has 0 aliphatic heterocycles. The van der Waals surface area contributed by atoms with Gasteiger partial charge in [0.2, 0.25) is 0 Å². The third-order valence-corrected chi connectivity index (χ3v) is 2.37. The van der Waals surface area contributed by atoms with Gasteiger partial charge in [-0.2, -0.15) is 5.10 Å². The number of aryl methyl sites for hydroxylation is 1. The van der Waals surface area contributed by atoms with E-state index in [1.807, 2.05) is 6.92 Å². The zero-order chi connectivity index (χ0) is 11.5. The zero-order valence-corrected chi connectivity index (χ0v) is 9.61. The molecule has 0 saturated heterocycles. The fourth-order valence-electron chi connectivity index (χ4n) is 1.29. The second kappa shape index (κ2) is 4.45. The highest BCUT2D eigenvalue weighted by Crippen LogP contribution is 2.29. The van der Waals surface area contributed by atoms with Gasteiger partial charge in [0.25, 0.3) is 0 Å². The summed E-state index contributed by atoms with van der Waals surface area (Å²) in [7, 11) is 0. The first-order valence-electron chi connectivity index (χ1n) is 4.94. The van der Waals surface area contributed by atoms with E-state index in [0.717, 1.165) is 6.54 Å². The van der Waals surface area contributed by atoms with E-state index in [2.05, 4.69) is 5.10 Å². The van der Waals surface area contributed by atoms with Crippen LogP contribution in [0.5, 0.6) is 11.5 Å². The number of nitrogens with two attached hydrogens (primary N) is 1. The number of nitrogens with zero attached hydrogens (tertiary/aromatic N) is 2. The monoisotopic (exact) mass is 237 g/mol. The molecule has 0 saturated carbocycles. The lowest BCUT2D eigenvalue weighted by molar-refractivity contribution is 0.483. The third-order valence-electron chi connectivity index (χ3n) is 2.14. The van der Waals surface area contributed by atoms with Crippen molar-refractivity contribution in [1.82, 2.24) is 9.78 Å². The SMILES string of the molecule is CCn1cc(Oc2cc(Cl)ccc2N)cn1. The molecule has 0 radical (unpaired) electrons. The number of rotatable bonds is 3. The number of nitrogen functional groups attached to an aromatic ring is 1. The van der Waals surface area contributed by atoms with Gasteiger partial charge in [-0.25, -0.2) is 0 Å². The van der Waals surface area contributed by atoms with E-state index < -0.39 is 0 Å². The van der Waals surface area contributed by atoms with Crippen molar-refractivity contribution < 1.29 is 4.74 Å². The van der Waals surface area contributed by atoms with Gasteiger partial charge in [0, 0.05) is 17.6 Å². The Balaban J connectivity index is 2.22. The number of anilines is 1. The summed E-state index contributed by atoms with van der Waals surface area (Å²) in [5.41, 5.74) is 6.32. The van der Waals surface area contributed by atoms with Crippen molar-refractivity contribution in [2.24, 2.45) is 0 Å². The van der Waals surface area contributed by atoms with Gasteiger partial charge in [-0.1, -0.05) is 11.6 Å². The maximum Gasteiger partial charge on any atom is 0.165 e. The molecular weight excluding hydrogens is 226 g/mol. The normalized spacial score (nSPS) is 10.4. The summed E-state index contributed by atoms with van der Waals surface area (Å²) in [4.78, 5) is 0. The molecule has 84 valence electrons. The van der Waals surface area contributed by atoms with Crippen LogP contribution in [0, 0.1) is 0 Å². The number of halogens is 1. The molecule has 2 N–H and O–H groups in total. The summed E-state index contributed by atoms with van der Waals surface area (Å²) in [5.74, 6) is 1.19. The molecule has 16 heavy (non-hydrogen) atoms. The highest BCUT2D eigenvalue weighted by atomic mass is 35.5. The molecule has 2 aromatic rings. The predicted molar refractivity (Wildman–Crippen MR) is 63.8 cm³/mol. The van der Waals surface area contributed by atoms with Gasteiger partial charge in [0.05, 0.1) is 18.1 Å². The smallest absolute Gasteiger partial charge is 0.165 e. The fourth-order valence-corrected chi connectivity index (χ4v) is 1.46. The minimum atomic E-state index is 0.545. The predicted octanol–water partition coefficient (Wildman–Crippen LogP) is 2.93. The van der Waals surface area contributed by atoms with E-state index in [9.17, 15) is 0 Å². The second-order valence-corrected chi connectivity index (χ2v) is 3.75. The third kappa shape index (κ3) is 2.28. The number of hydrogen-bond donors (Lipinski definition) is 1. The molecular formula is C11H12ClN3O. The minimum absolute atomic E-state index is 0.545. The van der Waals surface area contributed by atoms with Gasteiger partial charge < -0.3 is 10.5 Å². The first kappa shape index (κ1) is 10.8. The van der Waals surface area contributed by atoms with Crippen molar-refractivity contribution in [2.45, 2.75) is 13.5 Å². The van der Waals surface area contributed by atoms with Crippen LogP contribution in [-0.4, -0.2) is 9.78 Å². The number of aromatic nitrogens is 2. The van der Waals surface area contributed by atoms with Crippen molar-refractivity contribution in [1.29, 1.82) is 0 Å². The van der Waals surface area contributed by atoms with Crippen LogP contribution in [0.1, 0.15) is 6.92 Å².